The van der Waals surface area contributed by atoms with Crippen LogP contribution >= 0.6 is 15.9 Å². The molecule has 0 radical (unpaired) electrons. The van der Waals surface area contributed by atoms with Gasteiger partial charge in [0, 0.05) is 17.1 Å². The van der Waals surface area contributed by atoms with Crippen molar-refractivity contribution in [3.63, 3.8) is 0 Å². The molecular weight excluding hydrogens is 285 g/mol. The van der Waals surface area contributed by atoms with Crippen molar-refractivity contribution in [2.45, 2.75) is 44.1 Å². The number of benzene rings is 1. The topological polar surface area (TPSA) is 21.3 Å². The zero-order valence-corrected chi connectivity index (χ0v) is 11.0. The van der Waals surface area contributed by atoms with Crippen LogP contribution in [0.15, 0.2) is 22.7 Å². The zero-order valence-electron chi connectivity index (χ0n) is 9.46. The van der Waals surface area contributed by atoms with E-state index in [0.717, 1.165) is 22.9 Å². The number of hydrogen-bond acceptors (Lipinski definition) is 2. The first-order valence-electron chi connectivity index (χ1n) is 6.04. The van der Waals surface area contributed by atoms with Gasteiger partial charge in [0.1, 0.15) is 5.82 Å². The molecule has 1 aromatic rings. The van der Waals surface area contributed by atoms with Gasteiger partial charge in [-0.1, -0.05) is 15.9 Å². The highest BCUT2D eigenvalue weighted by Gasteiger charge is 2.40. The van der Waals surface area contributed by atoms with Gasteiger partial charge in [0.05, 0.1) is 12.2 Å². The van der Waals surface area contributed by atoms with E-state index in [4.69, 9.17) is 4.74 Å². The maximum atomic E-state index is 13.2. The quantitative estimate of drug-likeness (QED) is 0.926. The van der Waals surface area contributed by atoms with Crippen LogP contribution in [-0.4, -0.2) is 18.2 Å². The Morgan fingerprint density at radius 2 is 2.24 bits per heavy atom. The Hall–Kier alpha value is -0.450. The first kappa shape index (κ1) is 11.6. The highest BCUT2D eigenvalue weighted by molar-refractivity contribution is 9.10. The van der Waals surface area contributed by atoms with E-state index in [1.54, 1.807) is 6.07 Å². The van der Waals surface area contributed by atoms with Gasteiger partial charge in [-0.2, -0.15) is 0 Å². The van der Waals surface area contributed by atoms with Gasteiger partial charge in [-0.15, -0.1) is 0 Å². The molecule has 2 heterocycles. The molecule has 3 unspecified atom stereocenters. The van der Waals surface area contributed by atoms with Crippen LogP contribution < -0.4 is 5.32 Å². The highest BCUT2D eigenvalue weighted by atomic mass is 79.9. The molecule has 92 valence electrons. The molecule has 17 heavy (non-hydrogen) atoms. The highest BCUT2D eigenvalue weighted by Crippen LogP contribution is 2.34. The molecule has 1 aromatic carbocycles. The minimum atomic E-state index is -0.194. The van der Waals surface area contributed by atoms with E-state index < -0.39 is 0 Å². The summed E-state index contributed by atoms with van der Waals surface area (Å²) in [6.45, 7) is 0.702. The monoisotopic (exact) mass is 299 g/mol. The molecule has 0 aromatic heterocycles. The molecule has 0 spiro atoms. The Kier molecular flexibility index (Phi) is 3.19. The summed E-state index contributed by atoms with van der Waals surface area (Å²) in [6, 6.07) is 5.44. The number of hydrogen-bond donors (Lipinski definition) is 1. The van der Waals surface area contributed by atoms with Gasteiger partial charge in [-0.05, 0) is 43.0 Å². The van der Waals surface area contributed by atoms with Gasteiger partial charge >= 0.3 is 0 Å². The van der Waals surface area contributed by atoms with Gasteiger partial charge in [0.2, 0.25) is 0 Å². The number of halogens is 2. The third-order valence-corrected chi connectivity index (χ3v) is 4.05. The first-order chi connectivity index (χ1) is 8.20. The summed E-state index contributed by atoms with van der Waals surface area (Å²) in [4.78, 5) is 0. The Labute approximate surface area is 109 Å². The maximum Gasteiger partial charge on any atom is 0.124 e. The van der Waals surface area contributed by atoms with E-state index in [9.17, 15) is 4.39 Å². The van der Waals surface area contributed by atoms with Crippen molar-refractivity contribution in [2.75, 3.05) is 0 Å². The van der Waals surface area contributed by atoms with E-state index in [1.807, 2.05) is 6.07 Å². The van der Waals surface area contributed by atoms with Crippen molar-refractivity contribution >= 4 is 15.9 Å². The molecule has 2 bridgehead atoms. The third kappa shape index (κ3) is 2.54. The van der Waals surface area contributed by atoms with E-state index in [0.29, 0.717) is 24.8 Å². The van der Waals surface area contributed by atoms with Crippen LogP contribution in [0, 0.1) is 5.82 Å². The second-order valence-corrected chi connectivity index (χ2v) is 5.79. The van der Waals surface area contributed by atoms with Crippen LogP contribution in [0.2, 0.25) is 0 Å². The van der Waals surface area contributed by atoms with Crippen LogP contribution in [0.1, 0.15) is 24.8 Å². The van der Waals surface area contributed by atoms with Gasteiger partial charge in [0.25, 0.3) is 0 Å². The molecule has 3 atom stereocenters. The van der Waals surface area contributed by atoms with E-state index >= 15 is 0 Å². The van der Waals surface area contributed by atoms with Crippen LogP contribution in [-0.2, 0) is 11.3 Å². The van der Waals surface area contributed by atoms with Crippen LogP contribution in [0.4, 0.5) is 4.39 Å². The van der Waals surface area contributed by atoms with Crippen LogP contribution in [0.5, 0.6) is 0 Å². The molecule has 0 saturated carbocycles. The summed E-state index contributed by atoms with van der Waals surface area (Å²) in [5, 5.41) is 3.47. The van der Waals surface area contributed by atoms with Crippen molar-refractivity contribution in [2.24, 2.45) is 0 Å². The number of nitrogens with one attached hydrogen (secondary N) is 1. The number of fused-ring (bicyclic) bond motifs is 2. The summed E-state index contributed by atoms with van der Waals surface area (Å²) in [5.74, 6) is -0.194. The molecule has 1 N–H and O–H groups in total. The van der Waals surface area contributed by atoms with Gasteiger partial charge in [-0.25, -0.2) is 4.39 Å². The minimum Gasteiger partial charge on any atom is -0.373 e. The summed E-state index contributed by atoms with van der Waals surface area (Å²) in [7, 11) is 0. The van der Waals surface area contributed by atoms with Crippen molar-refractivity contribution in [3.05, 3.63) is 34.1 Å². The lowest BCUT2D eigenvalue weighted by atomic mass is 9.95. The molecule has 2 fully saturated rings. The normalized spacial score (nSPS) is 31.1. The Morgan fingerprint density at radius 3 is 2.88 bits per heavy atom. The van der Waals surface area contributed by atoms with Crippen LogP contribution in [0.25, 0.3) is 0 Å². The first-order valence-corrected chi connectivity index (χ1v) is 6.84. The molecule has 2 saturated heterocycles. The molecule has 3 rings (SSSR count). The summed E-state index contributed by atoms with van der Waals surface area (Å²) in [5.41, 5.74) is 0.972. The molecular formula is C13H15BrFNO. The number of ether oxygens (including phenoxy) is 1. The van der Waals surface area contributed by atoms with E-state index in [1.165, 1.54) is 12.5 Å². The fraction of sp³-hybridized carbons (Fsp3) is 0.538. The second kappa shape index (κ2) is 4.67. The predicted octanol–water partition coefficient (Wildman–Crippen LogP) is 3.00. The smallest absolute Gasteiger partial charge is 0.124 e. The lowest BCUT2D eigenvalue weighted by Gasteiger charge is -2.20. The SMILES string of the molecule is Fc1cc(Br)cc(CNC2CC3CCC2O3)c1. The molecule has 0 aliphatic carbocycles. The van der Waals surface area contributed by atoms with Gasteiger partial charge in [-0.3, -0.25) is 0 Å². The Balaban J connectivity index is 1.60. The Morgan fingerprint density at radius 1 is 1.35 bits per heavy atom. The van der Waals surface area contributed by atoms with Gasteiger partial charge < -0.3 is 10.1 Å². The van der Waals surface area contributed by atoms with Crippen molar-refractivity contribution in [1.82, 2.24) is 5.32 Å². The summed E-state index contributed by atoms with van der Waals surface area (Å²) >= 11 is 3.31. The van der Waals surface area contributed by atoms with Gasteiger partial charge in [0.15, 0.2) is 0 Å². The summed E-state index contributed by atoms with van der Waals surface area (Å²) < 4.78 is 19.8. The van der Waals surface area contributed by atoms with Crippen molar-refractivity contribution in [1.29, 1.82) is 0 Å². The third-order valence-electron chi connectivity index (χ3n) is 3.60. The van der Waals surface area contributed by atoms with E-state index in [-0.39, 0.29) is 5.82 Å². The lowest BCUT2D eigenvalue weighted by molar-refractivity contribution is 0.0973. The molecule has 2 aliphatic rings. The molecule has 2 nitrogen and oxygen atoms in total. The predicted molar refractivity (Wildman–Crippen MR) is 67.2 cm³/mol. The fourth-order valence-corrected chi connectivity index (χ4v) is 3.33. The van der Waals surface area contributed by atoms with Crippen LogP contribution in [0.3, 0.4) is 0 Å². The minimum absolute atomic E-state index is 0.194. The van der Waals surface area contributed by atoms with Crippen molar-refractivity contribution < 1.29 is 9.13 Å². The second-order valence-electron chi connectivity index (χ2n) is 4.87. The number of rotatable bonds is 3. The average molecular weight is 300 g/mol. The molecule has 2 aliphatic heterocycles. The largest absolute Gasteiger partial charge is 0.373 e. The standard InChI is InChI=1S/C13H15BrFNO/c14-9-3-8(4-10(15)5-9)7-16-12-6-11-1-2-13(12)17-11/h3-5,11-13,16H,1-2,6-7H2. The van der Waals surface area contributed by atoms with E-state index in [2.05, 4.69) is 21.2 Å². The summed E-state index contributed by atoms with van der Waals surface area (Å²) in [6.07, 6.45) is 4.29. The molecule has 0 amide bonds. The Bertz CT molecular complexity index is 406. The van der Waals surface area contributed by atoms with Crippen molar-refractivity contribution in [3.8, 4) is 0 Å². The molecule has 4 heteroatoms. The lowest BCUT2D eigenvalue weighted by Crippen LogP contribution is -2.36. The average Bonchev–Trinajstić information content (AvgIpc) is 2.86. The zero-order chi connectivity index (χ0) is 11.8. The fourth-order valence-electron chi connectivity index (χ4n) is 2.81. The maximum absolute atomic E-state index is 13.2.